The second-order valence-corrected chi connectivity index (χ2v) is 6.30. The standard InChI is InChI=1S/C18H19F3N4O2/c1-12-11-13(2)23-17(22-12)25-9-7-24(8-10-25)16(26)14-3-5-15(6-4-14)27-18(19,20)21/h3-6,11H,7-10H2,1-2H3. The minimum Gasteiger partial charge on any atom is -0.406 e. The number of benzene rings is 1. The molecule has 6 nitrogen and oxygen atoms in total. The van der Waals surface area contributed by atoms with Gasteiger partial charge in [-0.05, 0) is 44.2 Å². The van der Waals surface area contributed by atoms with Crippen LogP contribution in [0.2, 0.25) is 0 Å². The zero-order valence-electron chi connectivity index (χ0n) is 15.0. The van der Waals surface area contributed by atoms with E-state index in [1.807, 2.05) is 24.8 Å². The zero-order valence-corrected chi connectivity index (χ0v) is 15.0. The maximum atomic E-state index is 12.6. The van der Waals surface area contributed by atoms with Gasteiger partial charge in [0.25, 0.3) is 5.91 Å². The fourth-order valence-corrected chi connectivity index (χ4v) is 2.94. The highest BCUT2D eigenvalue weighted by molar-refractivity contribution is 5.94. The molecule has 1 aliphatic heterocycles. The maximum absolute atomic E-state index is 12.6. The van der Waals surface area contributed by atoms with Gasteiger partial charge in [-0.3, -0.25) is 4.79 Å². The van der Waals surface area contributed by atoms with Crippen molar-refractivity contribution in [3.8, 4) is 5.75 Å². The number of amides is 1. The van der Waals surface area contributed by atoms with E-state index in [0.717, 1.165) is 23.5 Å². The third-order valence-electron chi connectivity index (χ3n) is 4.16. The van der Waals surface area contributed by atoms with E-state index in [4.69, 9.17) is 0 Å². The highest BCUT2D eigenvalue weighted by Crippen LogP contribution is 2.23. The van der Waals surface area contributed by atoms with Gasteiger partial charge in [-0.2, -0.15) is 0 Å². The van der Waals surface area contributed by atoms with Crippen molar-refractivity contribution in [1.82, 2.24) is 14.9 Å². The first kappa shape index (κ1) is 18.9. The summed E-state index contributed by atoms with van der Waals surface area (Å²) < 4.78 is 40.4. The Hall–Kier alpha value is -2.84. The lowest BCUT2D eigenvalue weighted by Gasteiger charge is -2.35. The van der Waals surface area contributed by atoms with E-state index in [0.29, 0.717) is 37.7 Å². The average molecular weight is 380 g/mol. The van der Waals surface area contributed by atoms with Crippen LogP contribution in [-0.2, 0) is 0 Å². The fourth-order valence-electron chi connectivity index (χ4n) is 2.94. The Labute approximate surface area is 154 Å². The number of alkyl halides is 3. The van der Waals surface area contributed by atoms with Crippen LogP contribution in [0.25, 0.3) is 0 Å². The molecule has 0 atom stereocenters. The number of aromatic nitrogens is 2. The van der Waals surface area contributed by atoms with Gasteiger partial charge in [0.05, 0.1) is 0 Å². The van der Waals surface area contributed by atoms with E-state index in [-0.39, 0.29) is 11.7 Å². The topological polar surface area (TPSA) is 58.6 Å². The number of rotatable bonds is 3. The number of halogens is 3. The Morgan fingerprint density at radius 1 is 1.00 bits per heavy atom. The monoisotopic (exact) mass is 380 g/mol. The minimum atomic E-state index is -4.75. The molecular formula is C18H19F3N4O2. The molecule has 0 saturated carbocycles. The van der Waals surface area contributed by atoms with Gasteiger partial charge in [0.2, 0.25) is 5.95 Å². The van der Waals surface area contributed by atoms with Crippen molar-refractivity contribution >= 4 is 11.9 Å². The number of carbonyl (C=O) groups is 1. The molecule has 0 aliphatic carbocycles. The Bertz CT molecular complexity index is 796. The van der Waals surface area contributed by atoms with Crippen molar-refractivity contribution in [3.63, 3.8) is 0 Å². The van der Waals surface area contributed by atoms with Crippen LogP contribution in [0.1, 0.15) is 21.7 Å². The van der Waals surface area contributed by atoms with Crippen molar-refractivity contribution in [3.05, 3.63) is 47.3 Å². The molecule has 3 rings (SSSR count). The van der Waals surface area contributed by atoms with Gasteiger partial charge in [-0.25, -0.2) is 9.97 Å². The zero-order chi connectivity index (χ0) is 19.6. The normalized spacial score (nSPS) is 15.0. The van der Waals surface area contributed by atoms with Crippen LogP contribution in [0.15, 0.2) is 30.3 Å². The Morgan fingerprint density at radius 3 is 2.07 bits per heavy atom. The molecular weight excluding hydrogens is 361 g/mol. The smallest absolute Gasteiger partial charge is 0.406 e. The van der Waals surface area contributed by atoms with E-state index in [9.17, 15) is 18.0 Å². The summed E-state index contributed by atoms with van der Waals surface area (Å²) in [6.45, 7) is 5.95. The van der Waals surface area contributed by atoms with E-state index < -0.39 is 6.36 Å². The molecule has 27 heavy (non-hydrogen) atoms. The number of aryl methyl sites for hydroxylation is 2. The molecule has 0 N–H and O–H groups in total. The molecule has 1 aromatic heterocycles. The Balaban J connectivity index is 1.61. The molecule has 1 aliphatic rings. The van der Waals surface area contributed by atoms with Crippen LogP contribution in [0.4, 0.5) is 19.1 Å². The van der Waals surface area contributed by atoms with Gasteiger partial charge in [0.15, 0.2) is 0 Å². The van der Waals surface area contributed by atoms with Crippen LogP contribution in [0, 0.1) is 13.8 Å². The molecule has 1 fully saturated rings. The van der Waals surface area contributed by atoms with Gasteiger partial charge in [0, 0.05) is 43.1 Å². The number of anilines is 1. The summed E-state index contributed by atoms with van der Waals surface area (Å²) in [6.07, 6.45) is -4.75. The Morgan fingerprint density at radius 2 is 1.56 bits per heavy atom. The Kier molecular flexibility index (Phi) is 5.20. The molecule has 2 heterocycles. The average Bonchev–Trinajstić information content (AvgIpc) is 2.60. The molecule has 144 valence electrons. The van der Waals surface area contributed by atoms with Crippen molar-refractivity contribution in [2.75, 3.05) is 31.1 Å². The third-order valence-corrected chi connectivity index (χ3v) is 4.16. The van der Waals surface area contributed by atoms with E-state index in [2.05, 4.69) is 14.7 Å². The minimum absolute atomic E-state index is 0.227. The maximum Gasteiger partial charge on any atom is 0.573 e. The second kappa shape index (κ2) is 7.42. The molecule has 0 bridgehead atoms. The molecule has 1 amide bonds. The van der Waals surface area contributed by atoms with E-state index in [1.54, 1.807) is 4.90 Å². The summed E-state index contributed by atoms with van der Waals surface area (Å²) >= 11 is 0. The molecule has 1 saturated heterocycles. The summed E-state index contributed by atoms with van der Waals surface area (Å²) in [5, 5.41) is 0. The first-order valence-corrected chi connectivity index (χ1v) is 8.43. The number of carbonyl (C=O) groups excluding carboxylic acids is 1. The molecule has 0 radical (unpaired) electrons. The number of piperazine rings is 1. The van der Waals surface area contributed by atoms with Crippen LogP contribution in [0.5, 0.6) is 5.75 Å². The predicted octanol–water partition coefficient (Wildman–Crippen LogP) is 2.95. The lowest BCUT2D eigenvalue weighted by Crippen LogP contribution is -2.49. The van der Waals surface area contributed by atoms with Gasteiger partial charge in [-0.15, -0.1) is 13.2 Å². The van der Waals surface area contributed by atoms with Gasteiger partial charge < -0.3 is 14.5 Å². The van der Waals surface area contributed by atoms with Crippen molar-refractivity contribution < 1.29 is 22.7 Å². The number of ether oxygens (including phenoxy) is 1. The number of nitrogens with zero attached hydrogens (tertiary/aromatic N) is 4. The van der Waals surface area contributed by atoms with Gasteiger partial charge >= 0.3 is 6.36 Å². The van der Waals surface area contributed by atoms with E-state index in [1.165, 1.54) is 12.1 Å². The van der Waals surface area contributed by atoms with Crippen LogP contribution >= 0.6 is 0 Å². The summed E-state index contributed by atoms with van der Waals surface area (Å²) in [6, 6.07) is 6.85. The lowest BCUT2D eigenvalue weighted by molar-refractivity contribution is -0.274. The lowest BCUT2D eigenvalue weighted by atomic mass is 10.1. The quantitative estimate of drug-likeness (QED) is 0.820. The molecule has 0 spiro atoms. The summed E-state index contributed by atoms with van der Waals surface area (Å²) in [7, 11) is 0. The fraction of sp³-hybridized carbons (Fsp3) is 0.389. The first-order valence-electron chi connectivity index (χ1n) is 8.43. The highest BCUT2D eigenvalue weighted by Gasteiger charge is 2.31. The van der Waals surface area contributed by atoms with Crippen molar-refractivity contribution in [2.24, 2.45) is 0 Å². The van der Waals surface area contributed by atoms with Crippen LogP contribution in [0.3, 0.4) is 0 Å². The van der Waals surface area contributed by atoms with Gasteiger partial charge in [-0.1, -0.05) is 0 Å². The van der Waals surface area contributed by atoms with Crippen LogP contribution in [-0.4, -0.2) is 53.3 Å². The van der Waals surface area contributed by atoms with E-state index >= 15 is 0 Å². The molecule has 2 aromatic rings. The van der Waals surface area contributed by atoms with Crippen molar-refractivity contribution in [1.29, 1.82) is 0 Å². The van der Waals surface area contributed by atoms with Crippen molar-refractivity contribution in [2.45, 2.75) is 20.2 Å². The van der Waals surface area contributed by atoms with Crippen LogP contribution < -0.4 is 9.64 Å². The second-order valence-electron chi connectivity index (χ2n) is 6.30. The van der Waals surface area contributed by atoms with Gasteiger partial charge in [0.1, 0.15) is 5.75 Å². The summed E-state index contributed by atoms with van der Waals surface area (Å²) in [5.74, 6) is 0.0682. The predicted molar refractivity (Wildman–Crippen MR) is 92.7 cm³/mol. The number of hydrogen-bond donors (Lipinski definition) is 0. The molecule has 0 unspecified atom stereocenters. The number of hydrogen-bond acceptors (Lipinski definition) is 5. The third kappa shape index (κ3) is 4.87. The summed E-state index contributed by atoms with van der Waals surface area (Å²) in [4.78, 5) is 25.1. The first-order chi connectivity index (χ1) is 12.7. The molecule has 9 heteroatoms. The summed E-state index contributed by atoms with van der Waals surface area (Å²) in [5.41, 5.74) is 2.09. The largest absolute Gasteiger partial charge is 0.573 e. The SMILES string of the molecule is Cc1cc(C)nc(N2CCN(C(=O)c3ccc(OC(F)(F)F)cc3)CC2)n1. The highest BCUT2D eigenvalue weighted by atomic mass is 19.4. The molecule has 1 aromatic carbocycles.